The molecule has 0 aromatic heterocycles. The van der Waals surface area contributed by atoms with Crippen molar-refractivity contribution in [2.75, 3.05) is 26.7 Å². The summed E-state index contributed by atoms with van der Waals surface area (Å²) in [5, 5.41) is 13.2. The summed E-state index contributed by atoms with van der Waals surface area (Å²) in [6.07, 6.45) is 1.28. The molecular formula is C14H22N2O. The molecule has 1 aliphatic heterocycles. The molecule has 0 radical (unpaired) electrons. The minimum atomic E-state index is 0.395. The molecule has 1 atom stereocenters. The SMILES string of the molecule is Cc1ccc(O)c(CNCC2CCN(C)C2)c1. The molecule has 1 aromatic rings. The quantitative estimate of drug-likeness (QED) is 0.833. The topological polar surface area (TPSA) is 35.5 Å². The van der Waals surface area contributed by atoms with Gasteiger partial charge in [-0.15, -0.1) is 0 Å². The highest BCUT2D eigenvalue weighted by Gasteiger charge is 2.18. The Kier molecular flexibility index (Phi) is 4.02. The van der Waals surface area contributed by atoms with E-state index in [1.165, 1.54) is 25.1 Å². The lowest BCUT2D eigenvalue weighted by Crippen LogP contribution is -2.24. The molecule has 0 bridgehead atoms. The first-order valence-corrected chi connectivity index (χ1v) is 6.33. The minimum Gasteiger partial charge on any atom is -0.508 e. The van der Waals surface area contributed by atoms with Crippen LogP contribution >= 0.6 is 0 Å². The van der Waals surface area contributed by atoms with Gasteiger partial charge in [0.15, 0.2) is 0 Å². The lowest BCUT2D eigenvalue weighted by Gasteiger charge is -2.12. The number of nitrogens with zero attached hydrogens (tertiary/aromatic N) is 1. The predicted octanol–water partition coefficient (Wildman–Crippen LogP) is 1.74. The predicted molar refractivity (Wildman–Crippen MR) is 70.2 cm³/mol. The number of nitrogens with one attached hydrogen (secondary N) is 1. The average Bonchev–Trinajstić information content (AvgIpc) is 2.69. The highest BCUT2D eigenvalue weighted by molar-refractivity contribution is 5.35. The molecule has 2 N–H and O–H groups in total. The molecule has 1 aromatic carbocycles. The third kappa shape index (κ3) is 3.45. The van der Waals surface area contributed by atoms with Crippen molar-refractivity contribution >= 4 is 0 Å². The number of aromatic hydroxyl groups is 1. The fraction of sp³-hybridized carbons (Fsp3) is 0.571. The van der Waals surface area contributed by atoms with Crippen LogP contribution in [-0.4, -0.2) is 36.7 Å². The molecule has 3 nitrogen and oxygen atoms in total. The van der Waals surface area contributed by atoms with Crippen LogP contribution in [0.3, 0.4) is 0 Å². The first kappa shape index (κ1) is 12.4. The maximum absolute atomic E-state index is 9.72. The van der Waals surface area contributed by atoms with Gasteiger partial charge in [0.1, 0.15) is 5.75 Å². The first-order valence-electron chi connectivity index (χ1n) is 6.33. The van der Waals surface area contributed by atoms with Gasteiger partial charge in [0, 0.05) is 18.7 Å². The van der Waals surface area contributed by atoms with E-state index in [0.717, 1.165) is 24.6 Å². The van der Waals surface area contributed by atoms with Gasteiger partial charge in [0.2, 0.25) is 0 Å². The molecule has 1 aliphatic rings. The van der Waals surface area contributed by atoms with Crippen LogP contribution in [-0.2, 0) is 6.54 Å². The van der Waals surface area contributed by atoms with Crippen molar-refractivity contribution in [2.45, 2.75) is 19.9 Å². The molecule has 0 spiro atoms. The Labute approximate surface area is 103 Å². The number of likely N-dealkylation sites (tertiary alicyclic amines) is 1. The Balaban J connectivity index is 1.80. The van der Waals surface area contributed by atoms with Gasteiger partial charge >= 0.3 is 0 Å². The maximum atomic E-state index is 9.72. The summed E-state index contributed by atoms with van der Waals surface area (Å²) in [7, 11) is 2.17. The van der Waals surface area contributed by atoms with Crippen LogP contribution in [0.2, 0.25) is 0 Å². The molecule has 1 heterocycles. The average molecular weight is 234 g/mol. The lowest BCUT2D eigenvalue weighted by atomic mass is 10.1. The molecule has 17 heavy (non-hydrogen) atoms. The first-order chi connectivity index (χ1) is 8.15. The zero-order chi connectivity index (χ0) is 12.3. The van der Waals surface area contributed by atoms with E-state index >= 15 is 0 Å². The van der Waals surface area contributed by atoms with Crippen molar-refractivity contribution in [3.63, 3.8) is 0 Å². The molecule has 0 amide bonds. The summed E-state index contributed by atoms with van der Waals surface area (Å²) in [5.74, 6) is 1.15. The van der Waals surface area contributed by atoms with Crippen molar-refractivity contribution in [2.24, 2.45) is 5.92 Å². The van der Waals surface area contributed by atoms with Gasteiger partial charge in [-0.2, -0.15) is 0 Å². The van der Waals surface area contributed by atoms with E-state index in [1.54, 1.807) is 6.07 Å². The summed E-state index contributed by atoms with van der Waals surface area (Å²) in [4.78, 5) is 2.37. The molecule has 3 heteroatoms. The Bertz CT molecular complexity index is 378. The van der Waals surface area contributed by atoms with Crippen molar-refractivity contribution in [3.05, 3.63) is 29.3 Å². The van der Waals surface area contributed by atoms with Crippen molar-refractivity contribution in [3.8, 4) is 5.75 Å². The summed E-state index contributed by atoms with van der Waals surface area (Å²) >= 11 is 0. The summed E-state index contributed by atoms with van der Waals surface area (Å²) in [5.41, 5.74) is 2.19. The summed E-state index contributed by atoms with van der Waals surface area (Å²) in [6.45, 7) is 6.25. The molecule has 0 saturated carbocycles. The number of benzene rings is 1. The highest BCUT2D eigenvalue weighted by atomic mass is 16.3. The van der Waals surface area contributed by atoms with Crippen LogP contribution in [0.15, 0.2) is 18.2 Å². The zero-order valence-corrected chi connectivity index (χ0v) is 10.7. The van der Waals surface area contributed by atoms with Crippen molar-refractivity contribution in [1.82, 2.24) is 10.2 Å². The lowest BCUT2D eigenvalue weighted by molar-refractivity contribution is 0.387. The van der Waals surface area contributed by atoms with E-state index in [9.17, 15) is 5.11 Å². The number of aryl methyl sites for hydroxylation is 1. The van der Waals surface area contributed by atoms with E-state index in [1.807, 2.05) is 12.1 Å². The standard InChI is InChI=1S/C14H22N2O/c1-11-3-4-14(17)13(7-11)9-15-8-12-5-6-16(2)10-12/h3-4,7,12,15,17H,5-6,8-10H2,1-2H3. The van der Waals surface area contributed by atoms with Gasteiger partial charge in [-0.3, -0.25) is 0 Å². The third-order valence-electron chi connectivity index (χ3n) is 3.47. The van der Waals surface area contributed by atoms with E-state index in [2.05, 4.69) is 24.2 Å². The number of rotatable bonds is 4. The Hall–Kier alpha value is -1.06. The van der Waals surface area contributed by atoms with Crippen LogP contribution in [0.5, 0.6) is 5.75 Å². The van der Waals surface area contributed by atoms with E-state index < -0.39 is 0 Å². The summed E-state index contributed by atoms with van der Waals surface area (Å²) < 4.78 is 0. The van der Waals surface area contributed by atoms with Gasteiger partial charge in [0.25, 0.3) is 0 Å². The van der Waals surface area contributed by atoms with Gasteiger partial charge in [-0.05, 0) is 45.5 Å². The monoisotopic (exact) mass is 234 g/mol. The minimum absolute atomic E-state index is 0.395. The maximum Gasteiger partial charge on any atom is 0.120 e. The van der Waals surface area contributed by atoms with Crippen LogP contribution in [0.25, 0.3) is 0 Å². The fourth-order valence-electron chi connectivity index (χ4n) is 2.46. The van der Waals surface area contributed by atoms with Crippen LogP contribution < -0.4 is 5.32 Å². The zero-order valence-electron chi connectivity index (χ0n) is 10.7. The van der Waals surface area contributed by atoms with Crippen LogP contribution in [0.4, 0.5) is 0 Å². The second kappa shape index (κ2) is 5.52. The van der Waals surface area contributed by atoms with Crippen molar-refractivity contribution < 1.29 is 5.11 Å². The molecule has 1 fully saturated rings. The van der Waals surface area contributed by atoms with Gasteiger partial charge in [-0.25, -0.2) is 0 Å². The van der Waals surface area contributed by atoms with Crippen molar-refractivity contribution in [1.29, 1.82) is 0 Å². The van der Waals surface area contributed by atoms with E-state index in [-0.39, 0.29) is 0 Å². The highest BCUT2D eigenvalue weighted by Crippen LogP contribution is 2.18. The third-order valence-corrected chi connectivity index (χ3v) is 3.47. The Morgan fingerprint density at radius 2 is 2.29 bits per heavy atom. The number of hydrogen-bond donors (Lipinski definition) is 2. The van der Waals surface area contributed by atoms with Gasteiger partial charge in [-0.1, -0.05) is 17.7 Å². The number of phenolic OH excluding ortho intramolecular Hbond substituents is 1. The Morgan fingerprint density at radius 1 is 1.47 bits per heavy atom. The molecular weight excluding hydrogens is 212 g/mol. The Morgan fingerprint density at radius 3 is 3.00 bits per heavy atom. The normalized spacial score (nSPS) is 20.9. The van der Waals surface area contributed by atoms with Crippen LogP contribution in [0.1, 0.15) is 17.5 Å². The van der Waals surface area contributed by atoms with E-state index in [0.29, 0.717) is 5.75 Å². The molecule has 1 saturated heterocycles. The van der Waals surface area contributed by atoms with Gasteiger partial charge in [0.05, 0.1) is 0 Å². The largest absolute Gasteiger partial charge is 0.508 e. The second-order valence-electron chi connectivity index (χ2n) is 5.18. The van der Waals surface area contributed by atoms with E-state index in [4.69, 9.17) is 0 Å². The second-order valence-corrected chi connectivity index (χ2v) is 5.18. The molecule has 1 unspecified atom stereocenters. The smallest absolute Gasteiger partial charge is 0.120 e. The molecule has 0 aliphatic carbocycles. The fourth-order valence-corrected chi connectivity index (χ4v) is 2.46. The number of hydrogen-bond acceptors (Lipinski definition) is 3. The van der Waals surface area contributed by atoms with Gasteiger partial charge < -0.3 is 15.3 Å². The summed E-state index contributed by atoms with van der Waals surface area (Å²) in [6, 6.07) is 5.75. The number of phenols is 1. The molecule has 94 valence electrons. The molecule has 2 rings (SSSR count). The van der Waals surface area contributed by atoms with Crippen LogP contribution in [0, 0.1) is 12.8 Å².